The molecule has 0 radical (unpaired) electrons. The minimum atomic E-state index is -4.42. The van der Waals surface area contributed by atoms with Crippen molar-refractivity contribution in [3.05, 3.63) is 53.7 Å². The highest BCUT2D eigenvalue weighted by Gasteiger charge is 2.30. The summed E-state index contributed by atoms with van der Waals surface area (Å²) < 4.78 is 48.6. The molecule has 2 rings (SSSR count). The topological polar surface area (TPSA) is 60.5 Å². The van der Waals surface area contributed by atoms with Crippen molar-refractivity contribution in [3.63, 3.8) is 0 Å². The summed E-state index contributed by atoms with van der Waals surface area (Å²) in [6.45, 7) is 6.54. The molecule has 0 unspecified atom stereocenters. The number of nitrogens with one attached hydrogen (secondary N) is 1. The third-order valence-corrected chi connectivity index (χ3v) is 3.34. The molecule has 0 saturated carbocycles. The Hall–Kier alpha value is -2.61. The predicted molar refractivity (Wildman–Crippen MR) is 94.8 cm³/mol. The van der Waals surface area contributed by atoms with Gasteiger partial charge in [0.05, 0.1) is 23.3 Å². The highest BCUT2D eigenvalue weighted by molar-refractivity contribution is 6.04. The molecule has 1 aromatic heterocycles. The number of ether oxygens (including phenoxy) is 2. The van der Waals surface area contributed by atoms with E-state index in [1.165, 1.54) is 24.4 Å². The second kappa shape index (κ2) is 8.39. The first-order chi connectivity index (χ1) is 12.5. The Morgan fingerprint density at radius 2 is 1.70 bits per heavy atom. The zero-order chi connectivity index (χ0) is 20.1. The Bertz CT molecular complexity index is 752. The lowest BCUT2D eigenvalue weighted by atomic mass is 10.2. The molecule has 0 fully saturated rings. The van der Waals surface area contributed by atoms with Gasteiger partial charge in [-0.15, -0.1) is 0 Å². The molecule has 0 spiro atoms. The van der Waals surface area contributed by atoms with E-state index in [-0.39, 0.29) is 16.9 Å². The summed E-state index contributed by atoms with van der Waals surface area (Å²) in [7, 11) is 0. The average Bonchev–Trinajstić information content (AvgIpc) is 2.58. The van der Waals surface area contributed by atoms with E-state index in [0.717, 1.165) is 12.1 Å². The van der Waals surface area contributed by atoms with Gasteiger partial charge in [-0.2, -0.15) is 13.2 Å². The molecule has 0 saturated heterocycles. The molecule has 0 atom stereocenters. The maximum atomic E-state index is 12.5. The van der Waals surface area contributed by atoms with Crippen LogP contribution in [0.3, 0.4) is 0 Å². The molecule has 8 heteroatoms. The average molecular weight is 382 g/mol. The number of pyridine rings is 1. The quantitative estimate of drug-likeness (QED) is 0.745. The highest BCUT2D eigenvalue weighted by Crippen LogP contribution is 2.29. The number of rotatable bonds is 6. The summed E-state index contributed by atoms with van der Waals surface area (Å²) in [5.74, 6) is -0.136. The van der Waals surface area contributed by atoms with Crippen LogP contribution in [0.25, 0.3) is 0 Å². The number of nitrogens with zero attached hydrogens (tertiary/aromatic N) is 1. The molecule has 146 valence electrons. The molecule has 0 aliphatic rings. The molecular formula is C19H21F3N2O3. The molecule has 1 amide bonds. The number of amides is 1. The van der Waals surface area contributed by atoms with Crippen LogP contribution in [0.1, 0.15) is 36.7 Å². The number of alkyl halides is 3. The van der Waals surface area contributed by atoms with Crippen molar-refractivity contribution in [2.45, 2.75) is 32.5 Å². The number of halogens is 3. The number of hydrogen-bond donors (Lipinski definition) is 1. The van der Waals surface area contributed by atoms with E-state index in [4.69, 9.17) is 9.47 Å². The van der Waals surface area contributed by atoms with Crippen LogP contribution >= 0.6 is 0 Å². The predicted octanol–water partition coefficient (Wildman–Crippen LogP) is 4.55. The van der Waals surface area contributed by atoms with Gasteiger partial charge in [-0.1, -0.05) is 0 Å². The van der Waals surface area contributed by atoms with Crippen LogP contribution in [0.4, 0.5) is 18.9 Å². The molecule has 1 heterocycles. The fourth-order valence-corrected chi connectivity index (χ4v) is 2.04. The lowest BCUT2D eigenvalue weighted by molar-refractivity contribution is -0.137. The van der Waals surface area contributed by atoms with Gasteiger partial charge in [0.25, 0.3) is 5.91 Å². The standard InChI is InChI=1S/C19H21F3N2O3/c1-18(2,3)27-11-10-26-16-9-4-13(12-23-16)17(25)24-15-7-5-14(6-8-15)19(20,21)22/h4-9,12H,10-11H2,1-3H3,(H,24,25). The maximum Gasteiger partial charge on any atom is 0.416 e. The molecular weight excluding hydrogens is 361 g/mol. The summed E-state index contributed by atoms with van der Waals surface area (Å²) in [5.41, 5.74) is -0.517. The van der Waals surface area contributed by atoms with Crippen LogP contribution in [0.15, 0.2) is 42.6 Å². The zero-order valence-electron chi connectivity index (χ0n) is 15.3. The Kier molecular flexibility index (Phi) is 6.43. The van der Waals surface area contributed by atoms with Crippen molar-refractivity contribution >= 4 is 11.6 Å². The molecule has 27 heavy (non-hydrogen) atoms. The normalized spacial score (nSPS) is 11.9. The lowest BCUT2D eigenvalue weighted by Gasteiger charge is -2.19. The van der Waals surface area contributed by atoms with E-state index in [1.54, 1.807) is 6.07 Å². The van der Waals surface area contributed by atoms with Crippen molar-refractivity contribution < 1.29 is 27.4 Å². The number of aromatic nitrogens is 1. The second-order valence-corrected chi connectivity index (χ2v) is 6.72. The first-order valence-electron chi connectivity index (χ1n) is 8.26. The summed E-state index contributed by atoms with van der Waals surface area (Å²) >= 11 is 0. The van der Waals surface area contributed by atoms with E-state index < -0.39 is 17.6 Å². The van der Waals surface area contributed by atoms with E-state index in [1.807, 2.05) is 20.8 Å². The largest absolute Gasteiger partial charge is 0.475 e. The van der Waals surface area contributed by atoms with Gasteiger partial charge in [0.2, 0.25) is 5.88 Å². The monoisotopic (exact) mass is 382 g/mol. The minimum absolute atomic E-state index is 0.253. The second-order valence-electron chi connectivity index (χ2n) is 6.72. The van der Waals surface area contributed by atoms with E-state index in [9.17, 15) is 18.0 Å². The van der Waals surface area contributed by atoms with Gasteiger partial charge in [0.15, 0.2) is 0 Å². The van der Waals surface area contributed by atoms with Crippen molar-refractivity contribution in [2.75, 3.05) is 18.5 Å². The summed E-state index contributed by atoms with van der Waals surface area (Å²) in [4.78, 5) is 16.2. The molecule has 1 aromatic carbocycles. The minimum Gasteiger partial charge on any atom is -0.475 e. The zero-order valence-corrected chi connectivity index (χ0v) is 15.3. The summed E-state index contributed by atoms with van der Waals surface area (Å²) in [6, 6.07) is 7.27. The van der Waals surface area contributed by atoms with Crippen molar-refractivity contribution in [3.8, 4) is 5.88 Å². The van der Waals surface area contributed by atoms with E-state index in [2.05, 4.69) is 10.3 Å². The van der Waals surface area contributed by atoms with Crippen LogP contribution in [-0.2, 0) is 10.9 Å². The number of hydrogen-bond acceptors (Lipinski definition) is 4. The number of anilines is 1. The van der Waals surface area contributed by atoms with Crippen LogP contribution < -0.4 is 10.1 Å². The summed E-state index contributed by atoms with van der Waals surface area (Å²) in [5, 5.41) is 2.52. The lowest BCUT2D eigenvalue weighted by Crippen LogP contribution is -2.22. The van der Waals surface area contributed by atoms with Crippen LogP contribution in [0.5, 0.6) is 5.88 Å². The van der Waals surface area contributed by atoms with Gasteiger partial charge >= 0.3 is 6.18 Å². The maximum absolute atomic E-state index is 12.5. The smallest absolute Gasteiger partial charge is 0.416 e. The third kappa shape index (κ3) is 6.90. The van der Waals surface area contributed by atoms with Gasteiger partial charge in [0, 0.05) is 18.0 Å². The molecule has 0 bridgehead atoms. The molecule has 0 aliphatic carbocycles. The van der Waals surface area contributed by atoms with Gasteiger partial charge in [-0.05, 0) is 51.1 Å². The first-order valence-corrected chi connectivity index (χ1v) is 8.26. The third-order valence-electron chi connectivity index (χ3n) is 3.34. The van der Waals surface area contributed by atoms with Crippen LogP contribution in [0.2, 0.25) is 0 Å². The van der Waals surface area contributed by atoms with Crippen molar-refractivity contribution in [1.82, 2.24) is 4.98 Å². The Morgan fingerprint density at radius 3 is 2.22 bits per heavy atom. The highest BCUT2D eigenvalue weighted by atomic mass is 19.4. The van der Waals surface area contributed by atoms with Crippen molar-refractivity contribution in [2.24, 2.45) is 0 Å². The Labute approximate surface area is 155 Å². The van der Waals surface area contributed by atoms with Crippen LogP contribution in [-0.4, -0.2) is 29.7 Å². The number of carbonyl (C=O) groups excluding carboxylic acids is 1. The first kappa shape index (κ1) is 20.7. The van der Waals surface area contributed by atoms with E-state index >= 15 is 0 Å². The van der Waals surface area contributed by atoms with Gasteiger partial charge < -0.3 is 14.8 Å². The van der Waals surface area contributed by atoms with Gasteiger partial charge in [-0.25, -0.2) is 4.98 Å². The number of benzene rings is 1. The molecule has 0 aliphatic heterocycles. The summed E-state index contributed by atoms with van der Waals surface area (Å²) in [6.07, 6.45) is -3.08. The van der Waals surface area contributed by atoms with Gasteiger partial charge in [-0.3, -0.25) is 4.79 Å². The fraction of sp³-hybridized carbons (Fsp3) is 0.368. The Morgan fingerprint density at radius 1 is 1.04 bits per heavy atom. The van der Waals surface area contributed by atoms with Crippen molar-refractivity contribution in [1.29, 1.82) is 0 Å². The molecule has 2 aromatic rings. The Balaban J connectivity index is 1.88. The van der Waals surface area contributed by atoms with Crippen LogP contribution in [0, 0.1) is 0 Å². The number of carbonyl (C=O) groups is 1. The van der Waals surface area contributed by atoms with Gasteiger partial charge in [0.1, 0.15) is 6.61 Å². The SMILES string of the molecule is CC(C)(C)OCCOc1ccc(C(=O)Nc2ccc(C(F)(F)F)cc2)cn1. The van der Waals surface area contributed by atoms with E-state index in [0.29, 0.717) is 19.1 Å². The molecule has 1 N–H and O–H groups in total. The molecule has 5 nitrogen and oxygen atoms in total. The fourth-order valence-electron chi connectivity index (χ4n) is 2.04.